The number of aromatic nitrogens is 1. The lowest BCUT2D eigenvalue weighted by Gasteiger charge is -2.20. The lowest BCUT2D eigenvalue weighted by atomic mass is 10.1. The number of anilines is 1. The van der Waals surface area contributed by atoms with E-state index in [0.29, 0.717) is 28.9 Å². The fraction of sp³-hybridized carbons (Fsp3) is 0.400. The summed E-state index contributed by atoms with van der Waals surface area (Å²) in [6.45, 7) is 1.36. The highest BCUT2D eigenvalue weighted by molar-refractivity contribution is 14.0. The third-order valence-electron chi connectivity index (χ3n) is 5.27. The molecule has 1 saturated heterocycles. The van der Waals surface area contributed by atoms with E-state index in [-0.39, 0.29) is 53.6 Å². The van der Waals surface area contributed by atoms with Gasteiger partial charge in [0.05, 0.1) is 0 Å². The normalized spacial score (nSPS) is 23.5. The highest BCUT2D eigenvalue weighted by Crippen LogP contribution is 2.44. The number of nitrogens with one attached hydrogen (secondary N) is 2. The molecule has 1 aliphatic heterocycles. The molecule has 2 aromatic rings. The van der Waals surface area contributed by atoms with Gasteiger partial charge in [-0.15, -0.1) is 24.0 Å². The van der Waals surface area contributed by atoms with Crippen molar-refractivity contribution in [2.24, 2.45) is 4.99 Å². The Morgan fingerprint density at radius 2 is 2.00 bits per heavy atom. The lowest BCUT2D eigenvalue weighted by molar-refractivity contribution is 0.605. The van der Waals surface area contributed by atoms with E-state index >= 15 is 0 Å². The molecule has 2 N–H and O–H groups in total. The van der Waals surface area contributed by atoms with Crippen LogP contribution in [0.25, 0.3) is 0 Å². The summed E-state index contributed by atoms with van der Waals surface area (Å²) < 4.78 is 28.0. The Bertz CT molecular complexity index is 877. The monoisotopic (exact) mass is 533 g/mol. The van der Waals surface area contributed by atoms with Crippen molar-refractivity contribution in [2.45, 2.75) is 30.8 Å². The molecule has 3 unspecified atom stereocenters. The number of hydrogen-bond acceptors (Lipinski definition) is 3. The van der Waals surface area contributed by atoms with Gasteiger partial charge in [0.15, 0.2) is 17.6 Å². The number of hydrogen-bond donors (Lipinski definition) is 2. The van der Waals surface area contributed by atoms with Crippen molar-refractivity contribution in [1.29, 1.82) is 0 Å². The summed E-state index contributed by atoms with van der Waals surface area (Å²) in [6.07, 6.45) is 3.25. The van der Waals surface area contributed by atoms with Gasteiger partial charge in [-0.05, 0) is 37.1 Å². The zero-order valence-corrected chi connectivity index (χ0v) is 19.0. The van der Waals surface area contributed by atoms with Gasteiger partial charge < -0.3 is 15.5 Å². The molecule has 0 radical (unpaired) electrons. The van der Waals surface area contributed by atoms with E-state index in [9.17, 15) is 8.78 Å². The van der Waals surface area contributed by atoms with Gasteiger partial charge in [0.25, 0.3) is 0 Å². The zero-order valence-electron chi connectivity index (χ0n) is 15.9. The van der Waals surface area contributed by atoms with E-state index in [1.807, 2.05) is 4.90 Å². The summed E-state index contributed by atoms with van der Waals surface area (Å²) in [4.78, 5) is 10.4. The molecule has 4 rings (SSSR count). The predicted molar refractivity (Wildman–Crippen MR) is 122 cm³/mol. The molecule has 1 aromatic carbocycles. The quantitative estimate of drug-likeness (QED) is 0.355. The second-order valence-corrected chi connectivity index (χ2v) is 7.59. The summed E-state index contributed by atoms with van der Waals surface area (Å²) in [6, 6.07) is 7.99. The molecule has 2 aliphatic rings. The second-order valence-electron chi connectivity index (χ2n) is 7.19. The molecule has 5 nitrogen and oxygen atoms in total. The van der Waals surface area contributed by atoms with Gasteiger partial charge in [-0.2, -0.15) is 0 Å². The number of benzene rings is 1. The summed E-state index contributed by atoms with van der Waals surface area (Å²) >= 11 is 6.17. The van der Waals surface area contributed by atoms with Crippen molar-refractivity contribution >= 4 is 47.4 Å². The Labute approximate surface area is 191 Å². The van der Waals surface area contributed by atoms with Crippen LogP contribution in [0.3, 0.4) is 0 Å². The minimum atomic E-state index is -0.312. The standard InChI is InChI=1S/C20H22ClF2N5.HI/c1-24-20(27-17-10-13(17)18-14(21)4-2-5-15(18)22)26-12-7-9-28(11-12)19-16(23)6-3-8-25-19;/h2-6,8,12-13,17H,7,9-11H2,1H3,(H2,24,26,27);1H. The fourth-order valence-corrected chi connectivity index (χ4v) is 4.06. The van der Waals surface area contributed by atoms with Crippen molar-refractivity contribution in [3.63, 3.8) is 0 Å². The van der Waals surface area contributed by atoms with Crippen molar-refractivity contribution < 1.29 is 8.78 Å². The van der Waals surface area contributed by atoms with E-state index in [1.54, 1.807) is 31.4 Å². The Morgan fingerprint density at radius 3 is 2.72 bits per heavy atom. The molecule has 9 heteroatoms. The van der Waals surface area contributed by atoms with Gasteiger partial charge in [0, 0.05) is 54.9 Å². The van der Waals surface area contributed by atoms with Gasteiger partial charge in [-0.3, -0.25) is 4.99 Å². The maximum Gasteiger partial charge on any atom is 0.191 e. The molecule has 1 saturated carbocycles. The molecular weight excluding hydrogens is 511 g/mol. The van der Waals surface area contributed by atoms with Crippen LogP contribution in [0.2, 0.25) is 5.02 Å². The highest BCUT2D eigenvalue weighted by Gasteiger charge is 2.42. The SMILES string of the molecule is CN=C(NC1CCN(c2ncccc2F)C1)NC1CC1c1c(F)cccc1Cl.I. The van der Waals surface area contributed by atoms with Crippen LogP contribution in [0.1, 0.15) is 24.3 Å². The van der Waals surface area contributed by atoms with Crippen molar-refractivity contribution in [3.05, 3.63) is 58.7 Å². The largest absolute Gasteiger partial charge is 0.353 e. The zero-order chi connectivity index (χ0) is 19.7. The molecule has 2 heterocycles. The Hall–Kier alpha value is -1.68. The summed E-state index contributed by atoms with van der Waals surface area (Å²) in [5, 5.41) is 7.18. The van der Waals surface area contributed by atoms with E-state index in [1.165, 1.54) is 12.1 Å². The molecule has 0 amide bonds. The Balaban J connectivity index is 0.00000240. The fourth-order valence-electron chi connectivity index (χ4n) is 3.76. The van der Waals surface area contributed by atoms with E-state index in [2.05, 4.69) is 20.6 Å². The first-order valence-electron chi connectivity index (χ1n) is 9.36. The first-order valence-corrected chi connectivity index (χ1v) is 9.74. The first-order chi connectivity index (χ1) is 13.6. The second kappa shape index (κ2) is 9.42. The predicted octanol–water partition coefficient (Wildman–Crippen LogP) is 3.93. The van der Waals surface area contributed by atoms with Gasteiger partial charge in [0.1, 0.15) is 5.82 Å². The first kappa shape index (κ1) is 22.0. The van der Waals surface area contributed by atoms with Gasteiger partial charge >= 0.3 is 0 Å². The van der Waals surface area contributed by atoms with Crippen LogP contribution in [-0.2, 0) is 0 Å². The molecule has 0 spiro atoms. The van der Waals surface area contributed by atoms with Crippen LogP contribution in [0, 0.1) is 11.6 Å². The van der Waals surface area contributed by atoms with Crippen LogP contribution in [-0.4, -0.2) is 43.2 Å². The average molecular weight is 534 g/mol. The van der Waals surface area contributed by atoms with Crippen LogP contribution >= 0.6 is 35.6 Å². The topological polar surface area (TPSA) is 52.6 Å². The molecule has 3 atom stereocenters. The van der Waals surface area contributed by atoms with Crippen LogP contribution < -0.4 is 15.5 Å². The summed E-state index contributed by atoms with van der Waals surface area (Å²) in [5.74, 6) is 0.497. The van der Waals surface area contributed by atoms with Gasteiger partial charge in [-0.1, -0.05) is 17.7 Å². The van der Waals surface area contributed by atoms with E-state index < -0.39 is 0 Å². The number of nitrogens with zero attached hydrogens (tertiary/aromatic N) is 3. The molecular formula is C20H23ClF2IN5. The van der Waals surface area contributed by atoms with E-state index in [4.69, 9.17) is 11.6 Å². The summed E-state index contributed by atoms with van der Waals surface area (Å²) in [7, 11) is 1.70. The van der Waals surface area contributed by atoms with Crippen molar-refractivity contribution in [3.8, 4) is 0 Å². The number of guanidine groups is 1. The third-order valence-corrected chi connectivity index (χ3v) is 5.60. The number of pyridine rings is 1. The molecule has 29 heavy (non-hydrogen) atoms. The van der Waals surface area contributed by atoms with Crippen LogP contribution in [0.5, 0.6) is 0 Å². The van der Waals surface area contributed by atoms with Crippen LogP contribution in [0.15, 0.2) is 41.5 Å². The van der Waals surface area contributed by atoms with Gasteiger partial charge in [-0.25, -0.2) is 13.8 Å². The smallest absolute Gasteiger partial charge is 0.191 e. The maximum atomic E-state index is 14.1. The average Bonchev–Trinajstić information content (AvgIpc) is 3.26. The molecule has 1 aromatic heterocycles. The Kier molecular flexibility index (Phi) is 7.15. The van der Waals surface area contributed by atoms with Crippen molar-refractivity contribution in [2.75, 3.05) is 25.0 Å². The number of aliphatic imine (C=N–C) groups is 1. The number of rotatable bonds is 4. The maximum absolute atomic E-state index is 14.1. The highest BCUT2D eigenvalue weighted by atomic mass is 127. The van der Waals surface area contributed by atoms with Crippen molar-refractivity contribution in [1.82, 2.24) is 15.6 Å². The molecule has 2 fully saturated rings. The third kappa shape index (κ3) is 4.91. The lowest BCUT2D eigenvalue weighted by Crippen LogP contribution is -2.45. The molecule has 1 aliphatic carbocycles. The van der Waals surface area contributed by atoms with E-state index in [0.717, 1.165) is 19.4 Å². The van der Waals surface area contributed by atoms with Crippen LogP contribution in [0.4, 0.5) is 14.6 Å². The Morgan fingerprint density at radius 1 is 1.21 bits per heavy atom. The number of halogens is 4. The molecule has 156 valence electrons. The minimum Gasteiger partial charge on any atom is -0.353 e. The summed E-state index contributed by atoms with van der Waals surface area (Å²) in [5.41, 5.74) is 0.565. The minimum absolute atomic E-state index is 0. The van der Waals surface area contributed by atoms with Gasteiger partial charge in [0.2, 0.25) is 0 Å². The molecule has 0 bridgehead atoms.